The first-order valence-electron chi connectivity index (χ1n) is 2.64. The third kappa shape index (κ3) is 4.14. The zero-order valence-electron chi connectivity index (χ0n) is 5.52. The molecule has 0 saturated heterocycles. The van der Waals surface area contributed by atoms with E-state index in [1.807, 2.05) is 5.32 Å². The fourth-order valence-electron chi connectivity index (χ4n) is 0.313. The number of carbonyl (C=O) groups is 2. The van der Waals surface area contributed by atoms with Gasteiger partial charge >= 0.3 is 6.09 Å². The molecule has 0 aromatic heterocycles. The number of rotatable bonds is 2. The van der Waals surface area contributed by atoms with Crippen molar-refractivity contribution in [3.8, 4) is 0 Å². The lowest BCUT2D eigenvalue weighted by Crippen LogP contribution is -2.30. The number of halogens is 1. The van der Waals surface area contributed by atoms with Gasteiger partial charge in [-0.2, -0.15) is 0 Å². The van der Waals surface area contributed by atoms with E-state index in [1.54, 1.807) is 0 Å². The lowest BCUT2D eigenvalue weighted by molar-refractivity contribution is -0.119. The van der Waals surface area contributed by atoms with Crippen LogP contribution < -0.4 is 5.32 Å². The van der Waals surface area contributed by atoms with Gasteiger partial charge < -0.3 is 4.74 Å². The van der Waals surface area contributed by atoms with E-state index in [1.165, 1.54) is 7.11 Å². The quantitative estimate of drug-likeness (QED) is 0.607. The summed E-state index contributed by atoms with van der Waals surface area (Å²) in [5, 5.41) is 1.95. The van der Waals surface area contributed by atoms with E-state index in [2.05, 4.69) is 4.74 Å². The van der Waals surface area contributed by atoms with Gasteiger partial charge in [0.25, 0.3) is 0 Å². The minimum atomic E-state index is -0.755. The Bertz CT molecular complexity index is 137. The molecule has 0 fully saturated rings. The van der Waals surface area contributed by atoms with Crippen molar-refractivity contribution < 1.29 is 14.3 Å². The number of alkyl carbamates (subject to hydrolysis) is 1. The first kappa shape index (κ1) is 9.23. The smallest absolute Gasteiger partial charge is 0.413 e. The maximum Gasteiger partial charge on any atom is 0.413 e. The summed E-state index contributed by atoms with van der Waals surface area (Å²) < 4.78 is 4.15. The van der Waals surface area contributed by atoms with Crippen molar-refractivity contribution >= 4 is 23.6 Å². The third-order valence-corrected chi connectivity index (χ3v) is 0.937. The second-order valence-electron chi connectivity index (χ2n) is 1.48. The van der Waals surface area contributed by atoms with Crippen LogP contribution in [0.25, 0.3) is 0 Å². The molecule has 0 aliphatic heterocycles. The number of nitrogens with one attached hydrogen (secondary N) is 1. The SMILES string of the molecule is COC(=O)NC(=O)CCCl. The van der Waals surface area contributed by atoms with Crippen LogP contribution in [0, 0.1) is 0 Å². The standard InChI is InChI=1S/C5H8ClNO3/c1-10-5(9)7-4(8)2-3-6/h2-3H2,1H3,(H,7,8,9). The average molecular weight is 166 g/mol. The van der Waals surface area contributed by atoms with Crippen LogP contribution in [0.1, 0.15) is 6.42 Å². The summed E-state index contributed by atoms with van der Waals surface area (Å²) in [4.78, 5) is 20.8. The maximum absolute atomic E-state index is 10.5. The predicted molar refractivity (Wildman–Crippen MR) is 35.9 cm³/mol. The van der Waals surface area contributed by atoms with Gasteiger partial charge in [0, 0.05) is 12.3 Å². The van der Waals surface area contributed by atoms with Crippen LogP contribution in [0.3, 0.4) is 0 Å². The topological polar surface area (TPSA) is 55.4 Å². The molecular weight excluding hydrogens is 158 g/mol. The minimum absolute atomic E-state index is 0.122. The molecular formula is C5H8ClNO3. The molecule has 0 aliphatic carbocycles. The van der Waals surface area contributed by atoms with E-state index < -0.39 is 12.0 Å². The Morgan fingerprint density at radius 3 is 2.60 bits per heavy atom. The van der Waals surface area contributed by atoms with Gasteiger partial charge in [-0.15, -0.1) is 11.6 Å². The number of ether oxygens (including phenoxy) is 1. The summed E-state index contributed by atoms with van der Waals surface area (Å²) in [5.74, 6) is -0.232. The lowest BCUT2D eigenvalue weighted by atomic mass is 10.5. The van der Waals surface area contributed by atoms with Gasteiger partial charge in [0.05, 0.1) is 7.11 Å². The fraction of sp³-hybridized carbons (Fsp3) is 0.600. The highest BCUT2D eigenvalue weighted by Crippen LogP contribution is 1.84. The molecule has 0 atom stereocenters. The Morgan fingerprint density at radius 1 is 1.60 bits per heavy atom. The maximum atomic E-state index is 10.5. The molecule has 0 saturated carbocycles. The molecule has 0 rings (SSSR count). The van der Waals surface area contributed by atoms with Gasteiger partial charge in [-0.3, -0.25) is 10.1 Å². The second kappa shape index (κ2) is 5.05. The summed E-state index contributed by atoms with van der Waals surface area (Å²) in [6.45, 7) is 0. The molecule has 10 heavy (non-hydrogen) atoms. The number of hydrogen-bond acceptors (Lipinski definition) is 3. The monoisotopic (exact) mass is 165 g/mol. The van der Waals surface area contributed by atoms with E-state index in [0.29, 0.717) is 0 Å². The molecule has 58 valence electrons. The highest BCUT2D eigenvalue weighted by Gasteiger charge is 2.04. The van der Waals surface area contributed by atoms with Gasteiger partial charge in [-0.25, -0.2) is 4.79 Å². The summed E-state index contributed by atoms with van der Waals surface area (Å²) in [7, 11) is 1.18. The zero-order valence-corrected chi connectivity index (χ0v) is 6.27. The normalized spacial score (nSPS) is 8.60. The van der Waals surface area contributed by atoms with Crippen LogP contribution in [0.15, 0.2) is 0 Å². The van der Waals surface area contributed by atoms with E-state index in [0.717, 1.165) is 0 Å². The zero-order chi connectivity index (χ0) is 7.98. The summed E-state index contributed by atoms with van der Waals surface area (Å²) in [5.41, 5.74) is 0. The Morgan fingerprint density at radius 2 is 2.20 bits per heavy atom. The molecule has 0 aromatic carbocycles. The van der Waals surface area contributed by atoms with Crippen LogP contribution in [-0.2, 0) is 9.53 Å². The van der Waals surface area contributed by atoms with Crippen molar-refractivity contribution in [2.45, 2.75) is 6.42 Å². The fourth-order valence-corrected chi connectivity index (χ4v) is 0.485. The molecule has 0 unspecified atom stereocenters. The molecule has 0 heterocycles. The van der Waals surface area contributed by atoms with Crippen molar-refractivity contribution in [3.63, 3.8) is 0 Å². The van der Waals surface area contributed by atoms with E-state index in [-0.39, 0.29) is 12.3 Å². The Balaban J connectivity index is 3.47. The number of methoxy groups -OCH3 is 1. The van der Waals surface area contributed by atoms with Crippen LogP contribution >= 0.6 is 11.6 Å². The number of imide groups is 1. The molecule has 5 heteroatoms. The second-order valence-corrected chi connectivity index (χ2v) is 1.86. The first-order chi connectivity index (χ1) is 4.70. The molecule has 0 aromatic rings. The molecule has 0 radical (unpaired) electrons. The van der Waals surface area contributed by atoms with E-state index in [9.17, 15) is 9.59 Å². The van der Waals surface area contributed by atoms with Crippen molar-refractivity contribution in [1.82, 2.24) is 5.32 Å². The number of amides is 2. The van der Waals surface area contributed by atoms with Gasteiger partial charge in [0.1, 0.15) is 0 Å². The molecule has 1 N–H and O–H groups in total. The van der Waals surface area contributed by atoms with Crippen molar-refractivity contribution in [2.24, 2.45) is 0 Å². The molecule has 2 amide bonds. The average Bonchev–Trinajstić information content (AvgIpc) is 1.88. The third-order valence-electron chi connectivity index (χ3n) is 0.748. The number of carbonyl (C=O) groups excluding carboxylic acids is 2. The molecule has 4 nitrogen and oxygen atoms in total. The van der Waals surface area contributed by atoms with Gasteiger partial charge in [-0.1, -0.05) is 0 Å². The predicted octanol–water partition coefficient (Wildman–Crippen LogP) is 0.498. The minimum Gasteiger partial charge on any atom is -0.453 e. The summed E-state index contributed by atoms with van der Waals surface area (Å²) in [6, 6.07) is 0. The Kier molecular flexibility index (Phi) is 4.66. The van der Waals surface area contributed by atoms with Crippen LogP contribution in [0.4, 0.5) is 4.79 Å². The molecule has 0 bridgehead atoms. The lowest BCUT2D eigenvalue weighted by Gasteiger charge is -1.98. The molecule has 0 spiro atoms. The number of hydrogen-bond donors (Lipinski definition) is 1. The molecule has 0 aliphatic rings. The van der Waals surface area contributed by atoms with E-state index in [4.69, 9.17) is 11.6 Å². The number of alkyl halides is 1. The summed E-state index contributed by atoms with van der Waals surface area (Å²) in [6.07, 6.45) is -0.633. The van der Waals surface area contributed by atoms with E-state index >= 15 is 0 Å². The Hall–Kier alpha value is -0.770. The van der Waals surface area contributed by atoms with Crippen molar-refractivity contribution in [3.05, 3.63) is 0 Å². The van der Waals surface area contributed by atoms with Gasteiger partial charge in [-0.05, 0) is 0 Å². The Labute approximate surface area is 63.5 Å². The van der Waals surface area contributed by atoms with Gasteiger partial charge in [0.15, 0.2) is 0 Å². The highest BCUT2D eigenvalue weighted by molar-refractivity contribution is 6.19. The van der Waals surface area contributed by atoms with Crippen LogP contribution in [0.5, 0.6) is 0 Å². The van der Waals surface area contributed by atoms with Crippen molar-refractivity contribution in [2.75, 3.05) is 13.0 Å². The van der Waals surface area contributed by atoms with Crippen molar-refractivity contribution in [1.29, 1.82) is 0 Å². The van der Waals surface area contributed by atoms with Crippen LogP contribution in [-0.4, -0.2) is 25.0 Å². The first-order valence-corrected chi connectivity index (χ1v) is 3.18. The largest absolute Gasteiger partial charge is 0.453 e. The van der Waals surface area contributed by atoms with Gasteiger partial charge in [0.2, 0.25) is 5.91 Å². The van der Waals surface area contributed by atoms with Crippen LogP contribution in [0.2, 0.25) is 0 Å². The summed E-state index contributed by atoms with van der Waals surface area (Å²) >= 11 is 5.21. The highest BCUT2D eigenvalue weighted by atomic mass is 35.5.